The normalized spacial score (nSPS) is 14.2. The van der Waals surface area contributed by atoms with E-state index in [-0.39, 0.29) is 28.5 Å². The molecule has 0 fully saturated rings. The predicted octanol–water partition coefficient (Wildman–Crippen LogP) is 10.7. The fourth-order valence-corrected chi connectivity index (χ4v) is 17.6. The van der Waals surface area contributed by atoms with E-state index in [1.165, 1.54) is 68.0 Å². The lowest BCUT2D eigenvalue weighted by Crippen LogP contribution is -2.35. The SMILES string of the molecule is Cc1nc([C@H](CCCCN)NC(=O)c2sc(CC(C)C)nc2[C@H](C)NC(=O)c2sc(CCCCN)nc2[C@H](CC(C)C)NC(O)c2sc(C)nc2[C@@H](N)CCCCN)c(C(=O)N[C@@H](CC(C)C)c2nc(CCCCN)sc2C(=O)N[C@@H](C)c2nc(CC(C)C)sc2C(N)=O)s1. The Bertz CT molecular complexity index is 3440. The summed E-state index contributed by atoms with van der Waals surface area (Å²) in [7, 11) is 0. The molecule has 29 heteroatoms. The maximum absolute atomic E-state index is 15.3. The number of hydrogen-bond acceptors (Lipinski definition) is 24. The van der Waals surface area contributed by atoms with Crippen LogP contribution >= 0.6 is 68.0 Å². The highest BCUT2D eigenvalue weighted by molar-refractivity contribution is 7.15. The zero-order chi connectivity index (χ0) is 69.8. The Balaban J connectivity index is 1.33. The van der Waals surface area contributed by atoms with E-state index in [0.29, 0.717) is 159 Å². The molecule has 1 unspecified atom stereocenters. The number of nitrogens with zero attached hydrogens (tertiary/aromatic N) is 6. The maximum atomic E-state index is 15.3. The number of carbonyl (C=O) groups excluding carboxylic acids is 5. The third-order valence-electron chi connectivity index (χ3n) is 15.6. The van der Waals surface area contributed by atoms with Gasteiger partial charge < -0.3 is 60.8 Å². The first-order valence-electron chi connectivity index (χ1n) is 33.6. The van der Waals surface area contributed by atoms with E-state index in [1.807, 2.05) is 34.6 Å². The number of rotatable bonds is 42. The molecule has 6 rings (SSSR count). The Morgan fingerprint density at radius 2 is 0.800 bits per heavy atom. The minimum atomic E-state index is -1.16. The summed E-state index contributed by atoms with van der Waals surface area (Å²) < 4.78 is 0. The van der Waals surface area contributed by atoms with E-state index in [4.69, 9.17) is 64.3 Å². The molecule has 18 N–H and O–H groups in total. The molecule has 0 aliphatic heterocycles. The summed E-state index contributed by atoms with van der Waals surface area (Å²) in [5.74, 6) is -1.70. The topological polar surface area (TPSA) is 399 Å². The van der Waals surface area contributed by atoms with E-state index < -0.39 is 72.0 Å². The number of aromatic nitrogens is 6. The summed E-state index contributed by atoms with van der Waals surface area (Å²) in [5.41, 5.74) is 39.0. The molecule has 23 nitrogen and oxygen atoms in total. The second kappa shape index (κ2) is 38.3. The van der Waals surface area contributed by atoms with Gasteiger partial charge in [0, 0.05) is 18.9 Å². The molecular formula is C66H105N17O6S6. The summed E-state index contributed by atoms with van der Waals surface area (Å²) >= 11 is 7.67. The summed E-state index contributed by atoms with van der Waals surface area (Å²) in [6.45, 7) is 25.8. The standard InChI is InChI=1S/C66H105N17O6S6/c1-33(2)29-43(78-65(88)57-51(75-39(11)90-57)41(71)21-13-17-25-67)53-60(93-45(80-53)23-15-19-27-69)63(86)74-38(10)50-56(95-48(83-50)32-36(7)8)64(87)77-42(22-14-18-26-68)52-58(91-40(12)76-52)66(89)79-44(30-34(3)4)54-59(92-46(81-54)24-16-20-28-70)62(85)73-37(9)49-55(61(72)84)94-47(82-49)31-35(5)6/h33-38,41-44,65,78,88H,13-32,67-71H2,1-12H3,(H2,72,84)(H,73,85)(H,74,86)(H,77,87)(H,79,89)/t37-,38-,41-,42-,43-,44-,65?/m0/s1. The van der Waals surface area contributed by atoms with Gasteiger partial charge in [-0.15, -0.1) is 68.0 Å². The van der Waals surface area contributed by atoms with E-state index in [9.17, 15) is 14.7 Å². The average molecular weight is 1430 g/mol. The van der Waals surface area contributed by atoms with Crippen molar-refractivity contribution in [2.24, 2.45) is 58.1 Å². The van der Waals surface area contributed by atoms with Gasteiger partial charge in [-0.25, -0.2) is 29.9 Å². The van der Waals surface area contributed by atoms with Crippen LogP contribution in [0, 0.1) is 37.5 Å². The van der Waals surface area contributed by atoms with E-state index in [1.54, 1.807) is 6.92 Å². The molecular weight excluding hydrogens is 1320 g/mol. The number of hydrogen-bond donors (Lipinski definition) is 12. The van der Waals surface area contributed by atoms with E-state index >= 15 is 14.4 Å². The Morgan fingerprint density at radius 3 is 1.29 bits per heavy atom. The zero-order valence-electron chi connectivity index (χ0n) is 57.6. The number of carbonyl (C=O) groups is 5. The number of nitrogens with two attached hydrogens (primary N) is 6. The maximum Gasteiger partial charge on any atom is 0.263 e. The summed E-state index contributed by atoms with van der Waals surface area (Å²) in [6.07, 6.45) is 9.19. The largest absolute Gasteiger partial charge is 0.373 e. The summed E-state index contributed by atoms with van der Waals surface area (Å²) in [5, 5.41) is 32.7. The fourth-order valence-electron chi connectivity index (χ4n) is 11.2. The Labute approximate surface area is 585 Å². The molecule has 6 heterocycles. The van der Waals surface area contributed by atoms with Crippen LogP contribution in [0.4, 0.5) is 0 Å². The lowest BCUT2D eigenvalue weighted by atomic mass is 9.99. The van der Waals surface area contributed by atoms with Crippen LogP contribution in [0.25, 0.3) is 0 Å². The van der Waals surface area contributed by atoms with Crippen LogP contribution in [0.2, 0.25) is 0 Å². The minimum Gasteiger partial charge on any atom is -0.373 e. The van der Waals surface area contributed by atoms with Gasteiger partial charge >= 0.3 is 0 Å². The molecule has 95 heavy (non-hydrogen) atoms. The first-order valence-corrected chi connectivity index (χ1v) is 38.5. The molecule has 0 aliphatic carbocycles. The first-order chi connectivity index (χ1) is 45.2. The van der Waals surface area contributed by atoms with E-state index in [0.717, 1.165) is 58.6 Å². The molecule has 0 saturated heterocycles. The molecule has 5 amide bonds. The van der Waals surface area contributed by atoms with Crippen LogP contribution in [0.5, 0.6) is 0 Å². The number of nitrogens with one attached hydrogen (secondary N) is 5. The molecule has 0 bridgehead atoms. The van der Waals surface area contributed by atoms with Gasteiger partial charge in [0.05, 0.1) is 99.3 Å². The predicted molar refractivity (Wildman–Crippen MR) is 386 cm³/mol. The number of aliphatic hydroxyl groups is 1. The zero-order valence-corrected chi connectivity index (χ0v) is 62.5. The van der Waals surface area contributed by atoms with Gasteiger partial charge in [0.15, 0.2) is 0 Å². The van der Waals surface area contributed by atoms with Crippen LogP contribution in [0.1, 0.15) is 306 Å². The number of aryl methyl sites for hydroxylation is 4. The second-order valence-electron chi connectivity index (χ2n) is 26.3. The molecule has 0 aliphatic rings. The van der Waals surface area contributed by atoms with Crippen molar-refractivity contribution in [3.05, 3.63) is 93.5 Å². The van der Waals surface area contributed by atoms with Crippen molar-refractivity contribution >= 4 is 97.6 Å². The third kappa shape index (κ3) is 23.0. The summed E-state index contributed by atoms with van der Waals surface area (Å²) in [6, 6.07) is -3.92. The van der Waals surface area contributed by atoms with Crippen LogP contribution in [-0.2, 0) is 25.7 Å². The van der Waals surface area contributed by atoms with Crippen LogP contribution in [0.3, 0.4) is 0 Å². The molecule has 0 spiro atoms. The Hall–Kier alpha value is -5.15. The number of primary amides is 1. The number of aliphatic hydroxyl groups excluding tert-OH is 1. The van der Waals surface area contributed by atoms with Crippen molar-refractivity contribution in [3.63, 3.8) is 0 Å². The third-order valence-corrected chi connectivity index (χ3v) is 22.1. The Kier molecular flexibility index (Phi) is 31.8. The van der Waals surface area contributed by atoms with Crippen LogP contribution in [0.15, 0.2) is 0 Å². The number of amides is 5. The van der Waals surface area contributed by atoms with Gasteiger partial charge in [-0.1, -0.05) is 61.8 Å². The minimum absolute atomic E-state index is 0.0399. The van der Waals surface area contributed by atoms with Gasteiger partial charge in [0.2, 0.25) is 0 Å². The highest BCUT2D eigenvalue weighted by Gasteiger charge is 2.36. The molecule has 6 aromatic heterocycles. The molecule has 0 aromatic carbocycles. The number of thiazole rings is 6. The van der Waals surface area contributed by atoms with Crippen molar-refractivity contribution in [2.45, 2.75) is 228 Å². The lowest BCUT2D eigenvalue weighted by molar-refractivity contribution is 0.0909. The van der Waals surface area contributed by atoms with Gasteiger partial charge in [-0.05, 0) is 161 Å². The number of unbranched alkanes of at least 4 members (excludes halogenated alkanes) is 4. The second-order valence-corrected chi connectivity index (χ2v) is 33.0. The van der Waals surface area contributed by atoms with Crippen molar-refractivity contribution in [1.82, 2.24) is 56.5 Å². The van der Waals surface area contributed by atoms with Gasteiger partial charge in [-0.2, -0.15) is 0 Å². The van der Waals surface area contributed by atoms with Crippen molar-refractivity contribution < 1.29 is 29.1 Å². The van der Waals surface area contributed by atoms with Crippen molar-refractivity contribution in [1.29, 1.82) is 0 Å². The average Bonchev–Trinajstić information content (AvgIpc) is 1.69. The van der Waals surface area contributed by atoms with Crippen molar-refractivity contribution in [2.75, 3.05) is 26.2 Å². The monoisotopic (exact) mass is 1420 g/mol. The smallest absolute Gasteiger partial charge is 0.263 e. The highest BCUT2D eigenvalue weighted by atomic mass is 32.1. The highest BCUT2D eigenvalue weighted by Crippen LogP contribution is 2.38. The molecule has 0 saturated carbocycles. The molecule has 7 atom stereocenters. The van der Waals surface area contributed by atoms with Crippen molar-refractivity contribution in [3.8, 4) is 0 Å². The van der Waals surface area contributed by atoms with Crippen LogP contribution in [-0.4, -0.2) is 90.7 Å². The molecule has 0 radical (unpaired) electrons. The lowest BCUT2D eigenvalue weighted by Gasteiger charge is -2.24. The van der Waals surface area contributed by atoms with Crippen LogP contribution < -0.4 is 61.0 Å². The Morgan fingerprint density at radius 1 is 0.421 bits per heavy atom. The summed E-state index contributed by atoms with van der Waals surface area (Å²) in [4.78, 5) is 105. The van der Waals surface area contributed by atoms with Gasteiger partial charge in [-0.3, -0.25) is 29.3 Å². The first kappa shape index (κ1) is 78.8. The van der Waals surface area contributed by atoms with Gasteiger partial charge in [0.25, 0.3) is 29.5 Å². The quantitative estimate of drug-likeness (QED) is 0.0125. The molecule has 6 aromatic rings. The fraction of sp³-hybridized carbons (Fsp3) is 0.652. The van der Waals surface area contributed by atoms with E-state index in [2.05, 4.69) is 68.1 Å². The van der Waals surface area contributed by atoms with Gasteiger partial charge in [0.1, 0.15) is 30.6 Å². The molecule has 526 valence electrons.